The normalized spacial score (nSPS) is 10.4. The number of aryl methyl sites for hydroxylation is 1. The van der Waals surface area contributed by atoms with E-state index in [1.54, 1.807) is 11.6 Å². The van der Waals surface area contributed by atoms with Crippen LogP contribution < -0.4 is 10.0 Å². The number of nitrogens with one attached hydrogen (secondary N) is 2. The first-order valence-corrected chi connectivity index (χ1v) is 10.2. The van der Waals surface area contributed by atoms with Gasteiger partial charge in [0.2, 0.25) is 5.91 Å². The molecule has 0 unspecified atom stereocenters. The first-order valence-electron chi connectivity index (χ1n) is 8.50. The SMILES string of the molecule is C=CSNc1ccc(-c2cccc(CC(=O)Nc3ncc(CC)s3)c2)cn1. The van der Waals surface area contributed by atoms with E-state index in [1.807, 2.05) is 42.6 Å². The van der Waals surface area contributed by atoms with Gasteiger partial charge in [0.15, 0.2) is 5.13 Å². The zero-order chi connectivity index (χ0) is 19.1. The molecule has 27 heavy (non-hydrogen) atoms. The Bertz CT molecular complexity index is 922. The van der Waals surface area contributed by atoms with Crippen molar-refractivity contribution in [3.63, 3.8) is 0 Å². The number of thiazole rings is 1. The second kappa shape index (κ2) is 9.34. The molecule has 0 fully saturated rings. The van der Waals surface area contributed by atoms with Crippen molar-refractivity contribution in [1.82, 2.24) is 9.97 Å². The number of carbonyl (C=O) groups excluding carboxylic acids is 1. The molecule has 7 heteroatoms. The van der Waals surface area contributed by atoms with Gasteiger partial charge in [0, 0.05) is 22.8 Å². The number of nitrogens with zero attached hydrogens (tertiary/aromatic N) is 2. The number of pyridine rings is 1. The largest absolute Gasteiger partial charge is 0.311 e. The molecule has 0 aliphatic heterocycles. The van der Waals surface area contributed by atoms with E-state index in [1.165, 1.54) is 23.3 Å². The highest BCUT2D eigenvalue weighted by atomic mass is 32.2. The summed E-state index contributed by atoms with van der Waals surface area (Å²) in [5.74, 6) is 0.706. The van der Waals surface area contributed by atoms with Gasteiger partial charge in [-0.3, -0.25) is 4.79 Å². The lowest BCUT2D eigenvalue weighted by molar-refractivity contribution is -0.115. The second-order valence-electron chi connectivity index (χ2n) is 5.73. The third-order valence-corrected chi connectivity index (χ3v) is 5.33. The molecule has 1 amide bonds. The zero-order valence-corrected chi connectivity index (χ0v) is 16.6. The maximum absolute atomic E-state index is 12.3. The van der Waals surface area contributed by atoms with E-state index in [0.717, 1.165) is 33.8 Å². The summed E-state index contributed by atoms with van der Waals surface area (Å²) < 4.78 is 3.07. The standard InChI is InChI=1S/C20H20N4OS2/c1-3-17-13-22-20(27-17)23-19(25)11-14-6-5-7-15(10-14)16-8-9-18(21-12-16)24-26-4-2/h4-10,12-13H,2-3,11H2,1H3,(H,21,24)(H,22,23,25). The summed E-state index contributed by atoms with van der Waals surface area (Å²) in [7, 11) is 0. The smallest absolute Gasteiger partial charge is 0.230 e. The first kappa shape index (κ1) is 19.1. The molecule has 0 aliphatic carbocycles. The van der Waals surface area contributed by atoms with E-state index >= 15 is 0 Å². The molecule has 0 bridgehead atoms. The minimum absolute atomic E-state index is 0.0664. The Morgan fingerprint density at radius 2 is 2.11 bits per heavy atom. The Labute approximate surface area is 167 Å². The van der Waals surface area contributed by atoms with Gasteiger partial charge in [-0.2, -0.15) is 0 Å². The van der Waals surface area contributed by atoms with Gasteiger partial charge in [0.1, 0.15) is 5.82 Å². The van der Waals surface area contributed by atoms with Gasteiger partial charge >= 0.3 is 0 Å². The second-order valence-corrected chi connectivity index (χ2v) is 7.62. The van der Waals surface area contributed by atoms with Gasteiger partial charge in [-0.15, -0.1) is 11.3 Å². The van der Waals surface area contributed by atoms with Crippen LogP contribution in [0.5, 0.6) is 0 Å². The van der Waals surface area contributed by atoms with E-state index in [9.17, 15) is 4.79 Å². The number of aromatic nitrogens is 2. The quantitative estimate of drug-likeness (QED) is 0.515. The van der Waals surface area contributed by atoms with Gasteiger partial charge in [0.25, 0.3) is 0 Å². The van der Waals surface area contributed by atoms with Crippen molar-refractivity contribution < 1.29 is 4.79 Å². The number of carbonyl (C=O) groups is 1. The topological polar surface area (TPSA) is 66.9 Å². The van der Waals surface area contributed by atoms with Crippen molar-refractivity contribution in [2.24, 2.45) is 0 Å². The van der Waals surface area contributed by atoms with Crippen LogP contribution in [-0.4, -0.2) is 15.9 Å². The maximum atomic E-state index is 12.3. The molecule has 5 nitrogen and oxygen atoms in total. The highest BCUT2D eigenvalue weighted by Gasteiger charge is 2.08. The molecule has 3 rings (SSSR count). The average molecular weight is 397 g/mol. The van der Waals surface area contributed by atoms with E-state index in [0.29, 0.717) is 11.6 Å². The van der Waals surface area contributed by atoms with Crippen LogP contribution in [0.25, 0.3) is 11.1 Å². The minimum Gasteiger partial charge on any atom is -0.311 e. The predicted octanol–water partition coefficient (Wildman–Crippen LogP) is 5.15. The van der Waals surface area contributed by atoms with Crippen molar-refractivity contribution in [3.8, 4) is 11.1 Å². The number of amides is 1. The molecule has 0 saturated heterocycles. The molecule has 0 saturated carbocycles. The van der Waals surface area contributed by atoms with E-state index in [2.05, 4.69) is 33.5 Å². The monoisotopic (exact) mass is 396 g/mol. The molecule has 0 atom stereocenters. The van der Waals surface area contributed by atoms with Crippen LogP contribution in [0.2, 0.25) is 0 Å². The molecule has 2 N–H and O–H groups in total. The molecule has 2 aromatic heterocycles. The van der Waals surface area contributed by atoms with E-state index in [4.69, 9.17) is 0 Å². The fraction of sp³-hybridized carbons (Fsp3) is 0.150. The number of hydrogen-bond acceptors (Lipinski definition) is 6. The lowest BCUT2D eigenvalue weighted by atomic mass is 10.0. The lowest BCUT2D eigenvalue weighted by Gasteiger charge is -2.07. The maximum Gasteiger partial charge on any atom is 0.230 e. The summed E-state index contributed by atoms with van der Waals surface area (Å²) >= 11 is 2.89. The Morgan fingerprint density at radius 3 is 2.81 bits per heavy atom. The summed E-state index contributed by atoms with van der Waals surface area (Å²) in [5.41, 5.74) is 2.97. The van der Waals surface area contributed by atoms with Crippen LogP contribution in [-0.2, 0) is 17.6 Å². The summed E-state index contributed by atoms with van der Waals surface area (Å²) in [4.78, 5) is 22.1. The average Bonchev–Trinajstić information content (AvgIpc) is 3.14. The molecule has 0 aliphatic rings. The Morgan fingerprint density at radius 1 is 1.22 bits per heavy atom. The Kier molecular flexibility index (Phi) is 6.62. The van der Waals surface area contributed by atoms with Gasteiger partial charge in [0.05, 0.1) is 6.42 Å². The Hall–Kier alpha value is -2.64. The summed E-state index contributed by atoms with van der Waals surface area (Å²) in [6.07, 6.45) is 4.84. The molecule has 3 aromatic rings. The highest BCUT2D eigenvalue weighted by molar-refractivity contribution is 8.03. The van der Waals surface area contributed by atoms with Gasteiger partial charge in [-0.05, 0) is 47.0 Å². The minimum atomic E-state index is -0.0664. The third kappa shape index (κ3) is 5.42. The molecule has 138 valence electrons. The van der Waals surface area contributed by atoms with Crippen molar-refractivity contribution in [2.75, 3.05) is 10.0 Å². The van der Waals surface area contributed by atoms with Crippen molar-refractivity contribution in [2.45, 2.75) is 19.8 Å². The summed E-state index contributed by atoms with van der Waals surface area (Å²) in [5, 5.41) is 5.23. The molecular weight excluding hydrogens is 376 g/mol. The van der Waals surface area contributed by atoms with Gasteiger partial charge in [-0.25, -0.2) is 9.97 Å². The van der Waals surface area contributed by atoms with Crippen LogP contribution in [0.15, 0.2) is 60.8 Å². The van der Waals surface area contributed by atoms with Crippen molar-refractivity contribution in [1.29, 1.82) is 0 Å². The van der Waals surface area contributed by atoms with E-state index in [-0.39, 0.29) is 5.91 Å². The molecule has 1 aromatic carbocycles. The third-order valence-electron chi connectivity index (χ3n) is 3.78. The van der Waals surface area contributed by atoms with E-state index < -0.39 is 0 Å². The van der Waals surface area contributed by atoms with Gasteiger partial charge in [-0.1, -0.05) is 37.8 Å². The first-order chi connectivity index (χ1) is 13.2. The fourth-order valence-electron chi connectivity index (χ4n) is 2.47. The van der Waals surface area contributed by atoms with Crippen molar-refractivity contribution in [3.05, 3.63) is 71.2 Å². The number of rotatable bonds is 8. The molecule has 0 radical (unpaired) electrons. The van der Waals surface area contributed by atoms with Gasteiger partial charge < -0.3 is 10.0 Å². The van der Waals surface area contributed by atoms with Crippen LogP contribution >= 0.6 is 23.3 Å². The summed E-state index contributed by atoms with van der Waals surface area (Å²) in [6.45, 7) is 5.71. The number of anilines is 2. The summed E-state index contributed by atoms with van der Waals surface area (Å²) in [6, 6.07) is 11.8. The van der Waals surface area contributed by atoms with Crippen LogP contribution in [0.4, 0.5) is 10.9 Å². The van der Waals surface area contributed by atoms with Crippen LogP contribution in [0.1, 0.15) is 17.4 Å². The van der Waals surface area contributed by atoms with Crippen molar-refractivity contribution >= 4 is 40.1 Å². The van der Waals surface area contributed by atoms with Crippen LogP contribution in [0.3, 0.4) is 0 Å². The predicted molar refractivity (Wildman–Crippen MR) is 115 cm³/mol. The molecule has 0 spiro atoms. The van der Waals surface area contributed by atoms with Crippen LogP contribution in [0, 0.1) is 0 Å². The molecule has 2 heterocycles. The molecular formula is C20H20N4OS2. The number of benzene rings is 1. The Balaban J connectivity index is 1.65. The zero-order valence-electron chi connectivity index (χ0n) is 14.9. The number of hydrogen-bond donors (Lipinski definition) is 2. The highest BCUT2D eigenvalue weighted by Crippen LogP contribution is 2.23. The fourth-order valence-corrected chi connectivity index (χ4v) is 3.56. The lowest BCUT2D eigenvalue weighted by Crippen LogP contribution is -2.14.